The first kappa shape index (κ1) is 9.56. The van der Waals surface area contributed by atoms with Crippen LogP contribution < -0.4 is 0 Å². The molecule has 0 atom stereocenters. The van der Waals surface area contributed by atoms with E-state index in [-0.39, 0.29) is 5.97 Å². The Morgan fingerprint density at radius 3 is 2.57 bits per heavy atom. The second-order valence-electron chi connectivity index (χ2n) is 2.85. The quantitative estimate of drug-likeness (QED) is 0.692. The zero-order chi connectivity index (χ0) is 10.1. The minimum atomic E-state index is -0.316. The summed E-state index contributed by atoms with van der Waals surface area (Å²) in [5.74, 6) is -0.316. The summed E-state index contributed by atoms with van der Waals surface area (Å²) in [5.41, 5.74) is 1.28. The molecule has 4 heteroatoms. The number of cyclic esters (lactones) is 1. The Kier molecular flexibility index (Phi) is 2.48. The van der Waals surface area contributed by atoms with Gasteiger partial charge in [0.2, 0.25) is 0 Å². The van der Waals surface area contributed by atoms with Gasteiger partial charge in [0.1, 0.15) is 6.61 Å². The van der Waals surface area contributed by atoms with Crippen LogP contribution in [0, 0.1) is 0 Å². The average molecular weight is 229 g/mol. The molecule has 0 saturated heterocycles. The van der Waals surface area contributed by atoms with Gasteiger partial charge in [-0.15, -0.1) is 0 Å². The van der Waals surface area contributed by atoms with E-state index in [1.165, 1.54) is 0 Å². The van der Waals surface area contributed by atoms with Gasteiger partial charge in [-0.05, 0) is 23.8 Å². The van der Waals surface area contributed by atoms with Crippen molar-refractivity contribution in [2.45, 2.75) is 0 Å². The number of carbonyl (C=O) groups excluding carboxylic acids is 1. The summed E-state index contributed by atoms with van der Waals surface area (Å²) in [6.45, 7) is 0.328. The first-order valence-electron chi connectivity index (χ1n) is 4.01. The van der Waals surface area contributed by atoms with Gasteiger partial charge in [-0.2, -0.15) is 0 Å². The van der Waals surface area contributed by atoms with Gasteiger partial charge in [-0.3, -0.25) is 0 Å². The Morgan fingerprint density at radius 2 is 2.00 bits per heavy atom. The molecule has 1 aromatic rings. The minimum absolute atomic E-state index is 0.316. The molecule has 0 bridgehead atoms. The molecule has 0 N–H and O–H groups in total. The Labute approximate surface area is 91.1 Å². The van der Waals surface area contributed by atoms with Gasteiger partial charge in [0.15, 0.2) is 0 Å². The van der Waals surface area contributed by atoms with Gasteiger partial charge < -0.3 is 4.74 Å². The molecule has 0 amide bonds. The van der Waals surface area contributed by atoms with Crippen molar-refractivity contribution in [1.82, 2.24) is 0 Å². The molecule has 0 fully saturated rings. The molecule has 1 aliphatic rings. The third-order valence-corrected chi connectivity index (χ3v) is 2.69. The van der Waals surface area contributed by atoms with E-state index in [4.69, 9.17) is 27.9 Å². The maximum atomic E-state index is 11.2. The van der Waals surface area contributed by atoms with Crippen LogP contribution in [0.2, 0.25) is 10.0 Å². The van der Waals surface area contributed by atoms with Gasteiger partial charge in [-0.25, -0.2) is 4.79 Å². The van der Waals surface area contributed by atoms with E-state index in [1.54, 1.807) is 24.3 Å². The Hall–Kier alpha value is -0.990. The van der Waals surface area contributed by atoms with Gasteiger partial charge in [0.25, 0.3) is 0 Å². The van der Waals surface area contributed by atoms with Crippen LogP contribution in [0.5, 0.6) is 0 Å². The highest BCUT2D eigenvalue weighted by Crippen LogP contribution is 2.28. The predicted octanol–water partition coefficient (Wildman–Crippen LogP) is 2.93. The molecule has 0 spiro atoms. The fourth-order valence-electron chi connectivity index (χ4n) is 1.26. The van der Waals surface area contributed by atoms with Crippen molar-refractivity contribution in [2.24, 2.45) is 0 Å². The van der Waals surface area contributed by atoms with Gasteiger partial charge >= 0.3 is 5.97 Å². The predicted molar refractivity (Wildman–Crippen MR) is 55.4 cm³/mol. The van der Waals surface area contributed by atoms with Crippen molar-refractivity contribution < 1.29 is 9.53 Å². The molecule has 0 radical (unpaired) electrons. The smallest absolute Gasteiger partial charge is 0.338 e. The lowest BCUT2D eigenvalue weighted by atomic mass is 10.1. The lowest BCUT2D eigenvalue weighted by Crippen LogP contribution is -1.98. The van der Waals surface area contributed by atoms with Crippen LogP contribution >= 0.6 is 23.2 Å². The lowest BCUT2D eigenvalue weighted by molar-refractivity contribution is -0.133. The maximum absolute atomic E-state index is 11.2. The second kappa shape index (κ2) is 3.64. The topological polar surface area (TPSA) is 26.3 Å². The summed E-state index contributed by atoms with van der Waals surface area (Å²) in [6.07, 6.45) is 1.72. The van der Waals surface area contributed by atoms with E-state index in [1.807, 2.05) is 0 Å². The monoisotopic (exact) mass is 228 g/mol. The molecular weight excluding hydrogens is 223 g/mol. The maximum Gasteiger partial charge on any atom is 0.338 e. The zero-order valence-electron chi connectivity index (χ0n) is 7.09. The Bertz CT molecular complexity index is 424. The highest BCUT2D eigenvalue weighted by molar-refractivity contribution is 6.42. The highest BCUT2D eigenvalue weighted by Gasteiger charge is 2.18. The van der Waals surface area contributed by atoms with Gasteiger partial charge in [0, 0.05) is 0 Å². The Morgan fingerprint density at radius 1 is 1.21 bits per heavy atom. The molecule has 0 saturated carbocycles. The summed E-state index contributed by atoms with van der Waals surface area (Å²) in [5, 5.41) is 0.909. The molecule has 0 aliphatic carbocycles. The van der Waals surface area contributed by atoms with Crippen molar-refractivity contribution in [2.75, 3.05) is 6.61 Å². The van der Waals surface area contributed by atoms with Crippen LogP contribution in [-0.4, -0.2) is 12.6 Å². The number of hydrogen-bond donors (Lipinski definition) is 0. The van der Waals surface area contributed by atoms with Gasteiger partial charge in [-0.1, -0.05) is 29.3 Å². The van der Waals surface area contributed by atoms with Crippen LogP contribution in [0.15, 0.2) is 24.3 Å². The first-order valence-corrected chi connectivity index (χ1v) is 4.77. The zero-order valence-corrected chi connectivity index (χ0v) is 8.60. The van der Waals surface area contributed by atoms with E-state index in [0.717, 1.165) is 5.56 Å². The summed E-state index contributed by atoms with van der Waals surface area (Å²) >= 11 is 11.6. The van der Waals surface area contributed by atoms with Gasteiger partial charge in [0.05, 0.1) is 15.6 Å². The standard InChI is InChI=1S/C10H6Cl2O2/c11-8-2-1-6(5-9(8)12)7-3-4-14-10(7)13/h1-3,5H,4H2. The van der Waals surface area contributed by atoms with Crippen molar-refractivity contribution in [3.8, 4) is 0 Å². The molecule has 0 unspecified atom stereocenters. The molecule has 2 rings (SSSR count). The fourth-order valence-corrected chi connectivity index (χ4v) is 1.56. The third kappa shape index (κ3) is 1.63. The largest absolute Gasteiger partial charge is 0.458 e. The van der Waals surface area contributed by atoms with E-state index in [2.05, 4.69) is 0 Å². The molecule has 0 aromatic heterocycles. The van der Waals surface area contributed by atoms with E-state index in [9.17, 15) is 4.79 Å². The van der Waals surface area contributed by atoms with E-state index >= 15 is 0 Å². The summed E-state index contributed by atoms with van der Waals surface area (Å²) < 4.78 is 4.78. The molecule has 1 aromatic carbocycles. The van der Waals surface area contributed by atoms with Crippen molar-refractivity contribution in [3.05, 3.63) is 39.9 Å². The van der Waals surface area contributed by atoms with E-state index < -0.39 is 0 Å². The Balaban J connectivity index is 2.42. The summed E-state index contributed by atoms with van der Waals surface area (Å²) in [4.78, 5) is 11.2. The first-order chi connectivity index (χ1) is 6.68. The van der Waals surface area contributed by atoms with E-state index in [0.29, 0.717) is 22.2 Å². The van der Waals surface area contributed by atoms with Crippen LogP contribution in [0.4, 0.5) is 0 Å². The van der Waals surface area contributed by atoms with Crippen LogP contribution in [-0.2, 0) is 9.53 Å². The van der Waals surface area contributed by atoms with Crippen molar-refractivity contribution in [3.63, 3.8) is 0 Å². The number of esters is 1. The fraction of sp³-hybridized carbons (Fsp3) is 0.100. The lowest BCUT2D eigenvalue weighted by Gasteiger charge is -2.01. The highest BCUT2D eigenvalue weighted by atomic mass is 35.5. The number of ether oxygens (including phenoxy) is 1. The molecule has 1 aliphatic heterocycles. The molecule has 14 heavy (non-hydrogen) atoms. The van der Waals surface area contributed by atoms with Crippen molar-refractivity contribution in [1.29, 1.82) is 0 Å². The molecule has 2 nitrogen and oxygen atoms in total. The molecule has 72 valence electrons. The average Bonchev–Trinajstić information content (AvgIpc) is 2.57. The summed E-state index contributed by atoms with van der Waals surface area (Å²) in [6, 6.07) is 5.06. The molecule has 1 heterocycles. The number of halogens is 2. The van der Waals surface area contributed by atoms with Crippen LogP contribution in [0.3, 0.4) is 0 Å². The number of rotatable bonds is 1. The normalized spacial score (nSPS) is 15.3. The third-order valence-electron chi connectivity index (χ3n) is 1.95. The number of hydrogen-bond acceptors (Lipinski definition) is 2. The van der Waals surface area contributed by atoms with Crippen LogP contribution in [0.1, 0.15) is 5.56 Å². The minimum Gasteiger partial charge on any atom is -0.458 e. The number of benzene rings is 1. The van der Waals surface area contributed by atoms with Crippen LogP contribution in [0.25, 0.3) is 5.57 Å². The van der Waals surface area contributed by atoms with Crippen molar-refractivity contribution >= 4 is 34.7 Å². The summed E-state index contributed by atoms with van der Waals surface area (Å²) in [7, 11) is 0. The number of carbonyl (C=O) groups is 1. The second-order valence-corrected chi connectivity index (χ2v) is 3.66. The molecular formula is C10H6Cl2O2. The SMILES string of the molecule is O=C1OCC=C1c1ccc(Cl)c(Cl)c1.